The Hall–Kier alpha value is -3.97. The van der Waals surface area contributed by atoms with Crippen molar-refractivity contribution in [2.75, 3.05) is 13.7 Å². The van der Waals surface area contributed by atoms with Crippen molar-refractivity contribution in [3.05, 3.63) is 58.7 Å². The van der Waals surface area contributed by atoms with Crippen LogP contribution >= 0.6 is 0 Å². The molecule has 0 aromatic heterocycles. The zero-order valence-corrected chi connectivity index (χ0v) is 17.3. The summed E-state index contributed by atoms with van der Waals surface area (Å²) in [5.74, 6) is -0.780. The van der Waals surface area contributed by atoms with Crippen molar-refractivity contribution in [2.45, 2.75) is 26.3 Å². The normalized spacial score (nSPS) is 13.3. The number of ether oxygens (including phenoxy) is 2. The van der Waals surface area contributed by atoms with E-state index in [4.69, 9.17) is 9.47 Å². The summed E-state index contributed by atoms with van der Waals surface area (Å²) in [4.78, 5) is 50.1. The number of methoxy groups -OCH3 is 1. The molecule has 0 saturated heterocycles. The summed E-state index contributed by atoms with van der Waals surface area (Å²) in [6.45, 7) is 3.92. The lowest BCUT2D eigenvalue weighted by Gasteiger charge is -2.26. The van der Waals surface area contributed by atoms with E-state index in [1.54, 1.807) is 50.2 Å². The minimum absolute atomic E-state index is 0.278. The van der Waals surface area contributed by atoms with Gasteiger partial charge in [0, 0.05) is 0 Å². The molecule has 0 radical (unpaired) electrons. The lowest BCUT2D eigenvalue weighted by Crippen LogP contribution is -2.37. The van der Waals surface area contributed by atoms with Gasteiger partial charge in [-0.05, 0) is 43.2 Å². The second kappa shape index (κ2) is 9.23. The molecule has 0 saturated carbocycles. The van der Waals surface area contributed by atoms with Crippen LogP contribution in [0.15, 0.2) is 41.5 Å². The van der Waals surface area contributed by atoms with Crippen LogP contribution < -0.4 is 14.9 Å². The molecule has 31 heavy (non-hydrogen) atoms. The molecule has 2 aromatic carbocycles. The number of aryl methyl sites for hydroxylation is 1. The van der Waals surface area contributed by atoms with E-state index in [0.29, 0.717) is 34.8 Å². The van der Waals surface area contributed by atoms with Gasteiger partial charge < -0.3 is 9.47 Å². The molecule has 2 aromatic rings. The molecule has 3 rings (SSSR count). The molecular weight excluding hydrogens is 402 g/mol. The fourth-order valence-corrected chi connectivity index (χ4v) is 3.59. The minimum atomic E-state index is -0.959. The van der Waals surface area contributed by atoms with Crippen LogP contribution in [0.25, 0.3) is 0 Å². The average molecular weight is 423 g/mol. The van der Waals surface area contributed by atoms with E-state index in [1.165, 1.54) is 13.2 Å². The van der Waals surface area contributed by atoms with Crippen molar-refractivity contribution < 1.29 is 28.7 Å². The Kier molecular flexibility index (Phi) is 6.47. The maximum absolute atomic E-state index is 13.2. The Bertz CT molecular complexity index is 1090. The van der Waals surface area contributed by atoms with Gasteiger partial charge in [0.25, 0.3) is 17.9 Å². The highest BCUT2D eigenvalue weighted by Crippen LogP contribution is 2.38. The number of rotatable bonds is 8. The van der Waals surface area contributed by atoms with E-state index in [1.807, 2.05) is 5.43 Å². The van der Waals surface area contributed by atoms with Crippen molar-refractivity contribution in [1.29, 1.82) is 0 Å². The van der Waals surface area contributed by atoms with Crippen molar-refractivity contribution >= 4 is 23.8 Å². The lowest BCUT2D eigenvalue weighted by atomic mass is 10.0. The predicted molar refractivity (Wildman–Crippen MR) is 109 cm³/mol. The fraction of sp³-hybridized carbons (Fsp3) is 0.273. The third-order valence-electron chi connectivity index (χ3n) is 4.94. The Morgan fingerprint density at radius 3 is 2.61 bits per heavy atom. The van der Waals surface area contributed by atoms with E-state index >= 15 is 0 Å². The van der Waals surface area contributed by atoms with Crippen LogP contribution in [-0.2, 0) is 9.59 Å². The van der Waals surface area contributed by atoms with Gasteiger partial charge in [-0.2, -0.15) is 0 Å². The van der Waals surface area contributed by atoms with Crippen LogP contribution in [0, 0.1) is 6.92 Å². The first kappa shape index (κ1) is 21.7. The second-order valence-electron chi connectivity index (χ2n) is 6.78. The molecule has 0 bridgehead atoms. The van der Waals surface area contributed by atoms with Gasteiger partial charge in [-0.3, -0.25) is 19.3 Å². The van der Waals surface area contributed by atoms with Gasteiger partial charge in [-0.15, -0.1) is 0 Å². The number of nitrogens with one attached hydrogen (secondary N) is 1. The van der Waals surface area contributed by atoms with Crippen LogP contribution in [0.4, 0.5) is 0 Å². The summed E-state index contributed by atoms with van der Waals surface area (Å²) in [6.07, 6.45) is 0.908. The van der Waals surface area contributed by atoms with Gasteiger partial charge in [0.2, 0.25) is 5.91 Å². The van der Waals surface area contributed by atoms with Crippen LogP contribution in [-0.4, -0.2) is 42.4 Å². The number of fused-ring (bicyclic) bond motifs is 1. The molecule has 1 unspecified atom stereocenters. The molecule has 1 N–H and O–H groups in total. The van der Waals surface area contributed by atoms with E-state index < -0.39 is 23.8 Å². The van der Waals surface area contributed by atoms with Crippen LogP contribution in [0.5, 0.6) is 11.5 Å². The Labute approximate surface area is 178 Å². The number of amides is 3. The molecule has 1 aliphatic rings. The summed E-state index contributed by atoms with van der Waals surface area (Å²) < 4.78 is 10.9. The molecule has 160 valence electrons. The number of carbonyl (C=O) groups is 3. The Balaban J connectivity index is 2.08. The maximum Gasteiger partial charge on any atom is 0.262 e. The van der Waals surface area contributed by atoms with Crippen LogP contribution in [0.2, 0.25) is 0 Å². The summed E-state index contributed by atoms with van der Waals surface area (Å²) in [7, 11) is 1.49. The number of hydrogen-bond acceptors (Lipinski definition) is 7. The molecule has 0 aliphatic carbocycles. The third kappa shape index (κ3) is 4.17. The molecule has 1 aliphatic heterocycles. The number of hydrogen-bond donors (Lipinski definition) is 1. The first-order valence-corrected chi connectivity index (χ1v) is 9.56. The van der Waals surface area contributed by atoms with Crippen LogP contribution in [0.1, 0.15) is 51.2 Å². The van der Waals surface area contributed by atoms with E-state index in [2.05, 4.69) is 5.10 Å². The molecule has 1 heterocycles. The van der Waals surface area contributed by atoms with Crippen molar-refractivity contribution in [2.24, 2.45) is 5.10 Å². The van der Waals surface area contributed by atoms with Gasteiger partial charge >= 0.3 is 0 Å². The fourth-order valence-electron chi connectivity index (χ4n) is 3.59. The standard InChI is InChI=1S/C22H21N3O6/c1-4-31-18-10-14(8-9-17(18)30-3)16(11-19(27)24-23-12-26)25-21(28)15-7-5-6-13(2)20(15)22(25)29/h5-10,16H,4,11H2,1-3H3,(H,24,27). The second-order valence-corrected chi connectivity index (χ2v) is 6.78. The van der Waals surface area contributed by atoms with Crippen molar-refractivity contribution in [3.8, 4) is 11.5 Å². The molecule has 9 heteroatoms. The topological polar surface area (TPSA) is 114 Å². The lowest BCUT2D eigenvalue weighted by molar-refractivity contribution is -0.121. The SMILES string of the molecule is CCOc1cc(C(CC(=O)NN=C=O)N2C(=O)c3cccc(C)c3C2=O)ccc1OC. The first-order chi connectivity index (χ1) is 14.9. The molecule has 0 spiro atoms. The number of imide groups is 1. The molecule has 3 amide bonds. The quantitative estimate of drug-likeness (QED) is 0.302. The number of carbonyl (C=O) groups excluding carboxylic acids is 4. The van der Waals surface area contributed by atoms with Crippen molar-refractivity contribution in [1.82, 2.24) is 10.3 Å². The van der Waals surface area contributed by atoms with E-state index in [-0.39, 0.29) is 12.0 Å². The van der Waals surface area contributed by atoms with Crippen molar-refractivity contribution in [3.63, 3.8) is 0 Å². The van der Waals surface area contributed by atoms with Gasteiger partial charge in [0.05, 0.1) is 37.3 Å². The zero-order chi connectivity index (χ0) is 22.5. The highest BCUT2D eigenvalue weighted by Gasteiger charge is 2.42. The predicted octanol–water partition coefficient (Wildman–Crippen LogP) is 2.50. The third-order valence-corrected chi connectivity index (χ3v) is 4.94. The maximum atomic E-state index is 13.2. The van der Waals surface area contributed by atoms with Crippen LogP contribution in [0.3, 0.4) is 0 Å². The number of nitrogens with zero attached hydrogens (tertiary/aromatic N) is 2. The number of hydrazone groups is 1. The van der Waals surface area contributed by atoms with Gasteiger partial charge in [-0.1, -0.05) is 23.3 Å². The van der Waals surface area contributed by atoms with Gasteiger partial charge in [0.15, 0.2) is 11.5 Å². The molecule has 1 atom stereocenters. The average Bonchev–Trinajstić information content (AvgIpc) is 3.02. The highest BCUT2D eigenvalue weighted by atomic mass is 16.5. The Morgan fingerprint density at radius 2 is 1.97 bits per heavy atom. The van der Waals surface area contributed by atoms with E-state index in [0.717, 1.165) is 4.90 Å². The summed E-state index contributed by atoms with van der Waals surface area (Å²) >= 11 is 0. The zero-order valence-electron chi connectivity index (χ0n) is 17.3. The molecular formula is C22H21N3O6. The van der Waals surface area contributed by atoms with Gasteiger partial charge in [-0.25, -0.2) is 10.2 Å². The summed E-state index contributed by atoms with van der Waals surface area (Å²) in [5.41, 5.74) is 3.77. The summed E-state index contributed by atoms with van der Waals surface area (Å²) in [6, 6.07) is 8.98. The molecule has 0 fully saturated rings. The largest absolute Gasteiger partial charge is 0.493 e. The number of benzene rings is 2. The van der Waals surface area contributed by atoms with Gasteiger partial charge in [0.1, 0.15) is 0 Å². The number of isocyanates is 1. The monoisotopic (exact) mass is 423 g/mol. The first-order valence-electron chi connectivity index (χ1n) is 9.56. The highest BCUT2D eigenvalue weighted by molar-refractivity contribution is 6.22. The summed E-state index contributed by atoms with van der Waals surface area (Å²) in [5, 5.41) is 3.07. The minimum Gasteiger partial charge on any atom is -0.493 e. The smallest absolute Gasteiger partial charge is 0.262 e. The molecule has 9 nitrogen and oxygen atoms in total. The van der Waals surface area contributed by atoms with E-state index in [9.17, 15) is 19.2 Å². The Morgan fingerprint density at radius 1 is 1.19 bits per heavy atom.